The van der Waals surface area contributed by atoms with Crippen LogP contribution in [0.1, 0.15) is 29.1 Å². The minimum atomic E-state index is -0.204. The standard InChI is InChI=1S/C13H15FN2S/c1-3-15-12(13-9(2)16-8-17-13)10-4-6-11(14)7-5-10/h4-8,12,15H,3H2,1-2H3. The Kier molecular flexibility index (Phi) is 3.86. The quantitative estimate of drug-likeness (QED) is 0.900. The van der Waals surface area contributed by atoms with Crippen molar-refractivity contribution in [2.75, 3.05) is 6.54 Å². The molecule has 0 saturated heterocycles. The number of nitrogens with one attached hydrogen (secondary N) is 1. The number of hydrogen-bond acceptors (Lipinski definition) is 3. The molecule has 90 valence electrons. The van der Waals surface area contributed by atoms with Gasteiger partial charge in [-0.1, -0.05) is 19.1 Å². The third-order valence-electron chi connectivity index (χ3n) is 2.66. The first kappa shape index (κ1) is 12.2. The summed E-state index contributed by atoms with van der Waals surface area (Å²) in [6, 6.07) is 6.74. The molecule has 17 heavy (non-hydrogen) atoms. The van der Waals surface area contributed by atoms with Crippen LogP contribution in [0, 0.1) is 12.7 Å². The van der Waals surface area contributed by atoms with Gasteiger partial charge in [-0.15, -0.1) is 11.3 Å². The Bertz CT molecular complexity index is 478. The van der Waals surface area contributed by atoms with E-state index in [1.165, 1.54) is 17.0 Å². The van der Waals surface area contributed by atoms with Gasteiger partial charge >= 0.3 is 0 Å². The predicted molar refractivity (Wildman–Crippen MR) is 68.8 cm³/mol. The molecule has 0 aliphatic carbocycles. The summed E-state index contributed by atoms with van der Waals surface area (Å²) >= 11 is 1.63. The molecule has 2 rings (SSSR count). The average Bonchev–Trinajstić information content (AvgIpc) is 2.74. The van der Waals surface area contributed by atoms with Gasteiger partial charge in [0.15, 0.2) is 0 Å². The zero-order chi connectivity index (χ0) is 12.3. The molecule has 1 unspecified atom stereocenters. The number of thiazole rings is 1. The van der Waals surface area contributed by atoms with Crippen LogP contribution in [-0.2, 0) is 0 Å². The minimum absolute atomic E-state index is 0.105. The highest BCUT2D eigenvalue weighted by atomic mass is 32.1. The monoisotopic (exact) mass is 250 g/mol. The number of benzene rings is 1. The number of nitrogens with zero attached hydrogens (tertiary/aromatic N) is 1. The third-order valence-corrected chi connectivity index (χ3v) is 3.65. The number of rotatable bonds is 4. The van der Waals surface area contributed by atoms with E-state index in [4.69, 9.17) is 0 Å². The van der Waals surface area contributed by atoms with Crippen molar-refractivity contribution in [2.24, 2.45) is 0 Å². The first-order chi connectivity index (χ1) is 8.22. The molecule has 0 radical (unpaired) electrons. The number of aromatic nitrogens is 1. The molecule has 0 spiro atoms. The maximum Gasteiger partial charge on any atom is 0.123 e. The van der Waals surface area contributed by atoms with Crippen molar-refractivity contribution in [3.8, 4) is 0 Å². The second-order valence-corrected chi connectivity index (χ2v) is 4.73. The number of halogens is 1. The molecule has 0 saturated carbocycles. The summed E-state index contributed by atoms with van der Waals surface area (Å²) in [5.74, 6) is -0.204. The van der Waals surface area contributed by atoms with Gasteiger partial charge in [-0.25, -0.2) is 9.37 Å². The van der Waals surface area contributed by atoms with Crippen molar-refractivity contribution in [1.82, 2.24) is 10.3 Å². The first-order valence-electron chi connectivity index (χ1n) is 5.61. The lowest BCUT2D eigenvalue weighted by atomic mass is 10.0. The lowest BCUT2D eigenvalue weighted by Crippen LogP contribution is -2.21. The van der Waals surface area contributed by atoms with E-state index in [-0.39, 0.29) is 11.9 Å². The highest BCUT2D eigenvalue weighted by Crippen LogP contribution is 2.27. The molecule has 1 atom stereocenters. The maximum absolute atomic E-state index is 12.9. The van der Waals surface area contributed by atoms with Gasteiger partial charge in [0.2, 0.25) is 0 Å². The van der Waals surface area contributed by atoms with Gasteiger partial charge < -0.3 is 5.32 Å². The Hall–Kier alpha value is -1.26. The van der Waals surface area contributed by atoms with Gasteiger partial charge in [0.1, 0.15) is 5.82 Å². The fourth-order valence-corrected chi connectivity index (χ4v) is 2.71. The van der Waals surface area contributed by atoms with E-state index in [9.17, 15) is 4.39 Å². The fourth-order valence-electron chi connectivity index (χ4n) is 1.81. The molecule has 0 fully saturated rings. The summed E-state index contributed by atoms with van der Waals surface area (Å²) < 4.78 is 12.9. The fraction of sp³-hybridized carbons (Fsp3) is 0.308. The van der Waals surface area contributed by atoms with E-state index >= 15 is 0 Å². The Labute approximate surface area is 105 Å². The molecule has 2 aromatic rings. The molecule has 0 aliphatic rings. The molecular formula is C13H15FN2S. The van der Waals surface area contributed by atoms with E-state index < -0.39 is 0 Å². The first-order valence-corrected chi connectivity index (χ1v) is 6.49. The Morgan fingerprint density at radius 1 is 1.35 bits per heavy atom. The maximum atomic E-state index is 12.9. The molecule has 0 amide bonds. The van der Waals surface area contributed by atoms with Gasteiger partial charge in [0.25, 0.3) is 0 Å². The molecule has 1 N–H and O–H groups in total. The van der Waals surface area contributed by atoms with Crippen LogP contribution in [0.5, 0.6) is 0 Å². The predicted octanol–water partition coefficient (Wildman–Crippen LogP) is 3.29. The van der Waals surface area contributed by atoms with E-state index in [1.807, 2.05) is 24.6 Å². The van der Waals surface area contributed by atoms with Gasteiger partial charge in [-0.05, 0) is 31.2 Å². The van der Waals surface area contributed by atoms with Crippen molar-refractivity contribution < 1.29 is 4.39 Å². The van der Waals surface area contributed by atoms with E-state index in [0.29, 0.717) is 0 Å². The average molecular weight is 250 g/mol. The van der Waals surface area contributed by atoms with Crippen LogP contribution < -0.4 is 5.32 Å². The van der Waals surface area contributed by atoms with Crippen molar-refractivity contribution >= 4 is 11.3 Å². The summed E-state index contributed by atoms with van der Waals surface area (Å²) in [6.45, 7) is 4.92. The van der Waals surface area contributed by atoms with Gasteiger partial charge in [-0.3, -0.25) is 0 Å². The van der Waals surface area contributed by atoms with Crippen molar-refractivity contribution in [1.29, 1.82) is 0 Å². The van der Waals surface area contributed by atoms with Crippen molar-refractivity contribution in [3.05, 3.63) is 51.7 Å². The van der Waals surface area contributed by atoms with Crippen LogP contribution in [0.2, 0.25) is 0 Å². The van der Waals surface area contributed by atoms with Crippen LogP contribution >= 0.6 is 11.3 Å². The molecule has 2 nitrogen and oxygen atoms in total. The second kappa shape index (κ2) is 5.38. The van der Waals surface area contributed by atoms with E-state index in [1.54, 1.807) is 11.3 Å². The van der Waals surface area contributed by atoms with E-state index in [0.717, 1.165) is 17.8 Å². The summed E-state index contributed by atoms with van der Waals surface area (Å²) in [6.07, 6.45) is 0. The second-order valence-electron chi connectivity index (χ2n) is 3.84. The van der Waals surface area contributed by atoms with Crippen LogP contribution in [0.25, 0.3) is 0 Å². The summed E-state index contributed by atoms with van der Waals surface area (Å²) in [7, 11) is 0. The van der Waals surface area contributed by atoms with Crippen molar-refractivity contribution in [2.45, 2.75) is 19.9 Å². The molecule has 1 aromatic heterocycles. The molecule has 1 heterocycles. The minimum Gasteiger partial charge on any atom is -0.306 e. The number of aryl methyl sites for hydroxylation is 1. The summed E-state index contributed by atoms with van der Waals surface area (Å²) in [4.78, 5) is 5.46. The summed E-state index contributed by atoms with van der Waals surface area (Å²) in [5.41, 5.74) is 3.95. The lowest BCUT2D eigenvalue weighted by molar-refractivity contribution is 0.615. The highest BCUT2D eigenvalue weighted by Gasteiger charge is 2.17. The van der Waals surface area contributed by atoms with Crippen LogP contribution in [0.15, 0.2) is 29.8 Å². The van der Waals surface area contributed by atoms with Crippen LogP contribution in [0.4, 0.5) is 4.39 Å². The smallest absolute Gasteiger partial charge is 0.123 e. The third kappa shape index (κ3) is 2.70. The molecular weight excluding hydrogens is 235 g/mol. The van der Waals surface area contributed by atoms with Gasteiger partial charge in [-0.2, -0.15) is 0 Å². The topological polar surface area (TPSA) is 24.9 Å². The molecule has 1 aromatic carbocycles. The highest BCUT2D eigenvalue weighted by molar-refractivity contribution is 7.09. The van der Waals surface area contributed by atoms with Crippen molar-refractivity contribution in [3.63, 3.8) is 0 Å². The summed E-state index contributed by atoms with van der Waals surface area (Å²) in [5, 5.41) is 3.41. The Morgan fingerprint density at radius 3 is 2.59 bits per heavy atom. The molecule has 0 bridgehead atoms. The normalized spacial score (nSPS) is 12.6. The molecule has 0 aliphatic heterocycles. The van der Waals surface area contributed by atoms with E-state index in [2.05, 4.69) is 17.2 Å². The zero-order valence-corrected chi connectivity index (χ0v) is 10.7. The number of hydrogen-bond donors (Lipinski definition) is 1. The van der Waals surface area contributed by atoms with Gasteiger partial charge in [0, 0.05) is 4.88 Å². The van der Waals surface area contributed by atoms with Crippen LogP contribution in [-0.4, -0.2) is 11.5 Å². The SMILES string of the molecule is CCNC(c1ccc(F)cc1)c1scnc1C. The largest absolute Gasteiger partial charge is 0.306 e. The lowest BCUT2D eigenvalue weighted by Gasteiger charge is -2.17. The van der Waals surface area contributed by atoms with Crippen LogP contribution in [0.3, 0.4) is 0 Å². The Balaban J connectivity index is 2.35. The van der Waals surface area contributed by atoms with Gasteiger partial charge in [0.05, 0.1) is 17.2 Å². The zero-order valence-electron chi connectivity index (χ0n) is 9.90. The Morgan fingerprint density at radius 2 is 2.06 bits per heavy atom. The molecule has 4 heteroatoms.